The quantitative estimate of drug-likeness (QED) is 0.0364. The summed E-state index contributed by atoms with van der Waals surface area (Å²) in [5, 5.41) is 24.0. The number of aryl methyl sites for hydroxylation is 1. The highest BCUT2D eigenvalue weighted by Gasteiger charge is 2.40. The van der Waals surface area contributed by atoms with Gasteiger partial charge in [-0.3, -0.25) is 14.9 Å². The fourth-order valence-corrected chi connectivity index (χ4v) is 9.83. The molecule has 4 aromatic carbocycles. The molecule has 1 aromatic heterocycles. The summed E-state index contributed by atoms with van der Waals surface area (Å²) in [4.78, 5) is 54.0. The molecule has 1 saturated carbocycles. The number of carbonyl (C=O) groups is 3. The minimum absolute atomic E-state index is 0.0168. The number of hydrogen-bond donors (Lipinski definition) is 6. The van der Waals surface area contributed by atoms with Crippen molar-refractivity contribution in [3.05, 3.63) is 123 Å². The zero-order chi connectivity index (χ0) is 50.8. The highest BCUT2D eigenvalue weighted by atomic mass is 35.5. The van der Waals surface area contributed by atoms with Crippen molar-refractivity contribution >= 4 is 54.6 Å². The van der Waals surface area contributed by atoms with E-state index >= 15 is 0 Å². The molecule has 14 nitrogen and oxygen atoms in total. The van der Waals surface area contributed by atoms with Crippen molar-refractivity contribution in [3.63, 3.8) is 0 Å². The summed E-state index contributed by atoms with van der Waals surface area (Å²) >= 11 is 6.77. The number of H-pyrrole nitrogens is 1. The van der Waals surface area contributed by atoms with Crippen LogP contribution in [0.5, 0.6) is 11.5 Å². The van der Waals surface area contributed by atoms with E-state index in [0.717, 1.165) is 34.2 Å². The predicted molar refractivity (Wildman–Crippen MR) is 280 cm³/mol. The molecule has 6 N–H and O–H groups in total. The molecule has 0 radical (unpaired) electrons. The number of nitrogens with one attached hydrogen (secondary N) is 5. The summed E-state index contributed by atoms with van der Waals surface area (Å²) in [7, 11) is -0.749. The van der Waals surface area contributed by atoms with Crippen molar-refractivity contribution < 1.29 is 38.1 Å². The van der Waals surface area contributed by atoms with Crippen molar-refractivity contribution in [1.29, 1.82) is 0 Å². The predicted octanol–water partition coefficient (Wildman–Crippen LogP) is 11.6. The van der Waals surface area contributed by atoms with Gasteiger partial charge < -0.3 is 44.7 Å². The molecule has 5 aromatic rings. The number of rotatable bonds is 18. The van der Waals surface area contributed by atoms with Crippen LogP contribution < -0.4 is 31.6 Å². The summed E-state index contributed by atoms with van der Waals surface area (Å²) in [6.45, 7) is 17.6. The molecular weight excluding hydrogens is 926 g/mol. The number of fused-ring (bicyclic) bond motifs is 1. The van der Waals surface area contributed by atoms with E-state index in [1.165, 1.54) is 6.07 Å². The molecule has 70 heavy (non-hydrogen) atoms. The van der Waals surface area contributed by atoms with Crippen molar-refractivity contribution in [2.24, 2.45) is 0 Å². The van der Waals surface area contributed by atoms with E-state index in [4.69, 9.17) is 30.2 Å². The fourth-order valence-electron chi connectivity index (χ4n) is 8.28. The minimum atomic E-state index is -2.30. The molecule has 0 unspecified atom stereocenters. The van der Waals surface area contributed by atoms with Crippen molar-refractivity contribution in [3.8, 4) is 22.6 Å². The van der Waals surface area contributed by atoms with Gasteiger partial charge in [-0.15, -0.1) is 0 Å². The first-order valence-electron chi connectivity index (χ1n) is 24.1. The van der Waals surface area contributed by atoms with E-state index in [2.05, 4.69) is 66.2 Å². The zero-order valence-electron chi connectivity index (χ0n) is 42.0. The Kier molecular flexibility index (Phi) is 17.8. The summed E-state index contributed by atoms with van der Waals surface area (Å²) in [5.74, 6) is 0.175. The van der Waals surface area contributed by atoms with E-state index < -0.39 is 32.2 Å². The van der Waals surface area contributed by atoms with Gasteiger partial charge in [-0.25, -0.2) is 9.59 Å². The van der Waals surface area contributed by atoms with E-state index in [-0.39, 0.29) is 39.4 Å². The number of aromatic amines is 1. The molecular formula is C54H70ClN5O9Si. The van der Waals surface area contributed by atoms with E-state index in [1.807, 2.05) is 69.3 Å². The van der Waals surface area contributed by atoms with Crippen LogP contribution in [0.4, 0.5) is 15.3 Å². The zero-order valence-corrected chi connectivity index (χ0v) is 43.7. The van der Waals surface area contributed by atoms with Crippen LogP contribution >= 0.6 is 11.6 Å². The second-order valence-corrected chi connectivity index (χ2v) is 25.7. The van der Waals surface area contributed by atoms with Crippen LogP contribution in [0, 0.1) is 0 Å². The molecule has 0 spiro atoms. The van der Waals surface area contributed by atoms with Gasteiger partial charge in [0.15, 0.2) is 8.32 Å². The molecule has 3 amide bonds. The first-order valence-corrected chi connectivity index (χ1v) is 27.4. The van der Waals surface area contributed by atoms with Crippen LogP contribution in [-0.4, -0.2) is 74.4 Å². The Labute approximate surface area is 417 Å². The Morgan fingerprint density at radius 1 is 0.886 bits per heavy atom. The lowest BCUT2D eigenvalue weighted by molar-refractivity contribution is 0.0440. The Bertz CT molecular complexity index is 2670. The second kappa shape index (κ2) is 23.4. The topological polar surface area (TPSA) is 189 Å². The number of ether oxygens (including phenoxy) is 3. The molecule has 16 heteroatoms. The van der Waals surface area contributed by atoms with Crippen LogP contribution in [0.25, 0.3) is 22.0 Å². The highest BCUT2D eigenvalue weighted by molar-refractivity contribution is 6.74. The van der Waals surface area contributed by atoms with Gasteiger partial charge in [0.2, 0.25) is 5.56 Å². The lowest BCUT2D eigenvalue weighted by Gasteiger charge is -2.39. The number of aromatic hydroxyl groups is 1. The number of hydrogen-bond acceptors (Lipinski definition) is 10. The largest absolute Gasteiger partial charge is 0.506 e. The molecule has 0 saturated heterocycles. The number of anilines is 1. The van der Waals surface area contributed by atoms with Gasteiger partial charge in [0, 0.05) is 48.3 Å². The number of unbranched alkanes of at least 4 members (excludes halogenated alkanes) is 1. The monoisotopic (exact) mass is 995 g/mol. The van der Waals surface area contributed by atoms with Gasteiger partial charge in [0.1, 0.15) is 23.2 Å². The lowest BCUT2D eigenvalue weighted by atomic mass is 9.93. The van der Waals surface area contributed by atoms with Gasteiger partial charge in [0.05, 0.1) is 35.0 Å². The maximum absolute atomic E-state index is 13.5. The average Bonchev–Trinajstić information content (AvgIpc) is 3.29. The van der Waals surface area contributed by atoms with Gasteiger partial charge >= 0.3 is 12.2 Å². The van der Waals surface area contributed by atoms with E-state index in [1.54, 1.807) is 31.4 Å². The third kappa shape index (κ3) is 14.6. The van der Waals surface area contributed by atoms with Crippen molar-refractivity contribution in [1.82, 2.24) is 20.9 Å². The molecule has 1 heterocycles. The summed E-state index contributed by atoms with van der Waals surface area (Å²) in [6, 6.07) is 25.8. The molecule has 0 bridgehead atoms. The van der Waals surface area contributed by atoms with Crippen molar-refractivity contribution in [2.45, 2.75) is 135 Å². The van der Waals surface area contributed by atoms with Crippen molar-refractivity contribution in [2.75, 3.05) is 25.5 Å². The third-order valence-corrected chi connectivity index (χ3v) is 17.8. The second-order valence-electron chi connectivity index (χ2n) is 20.5. The third-order valence-electron chi connectivity index (χ3n) is 13.0. The fraction of sp³-hybridized carbons (Fsp3) is 0.444. The molecule has 1 aliphatic carbocycles. The standard InChI is InChI=1S/C54H70ClN5O9Si/c1-53(2,3)68-52(65)58-37-19-21-38(22-20-37)67-51(64)59-44-29-34(18-23-39(44)35-16-11-10-12-17-35)15-13-14-28-57-50(63)42-31-46(66-7)36(30-43(42)55)32-56-33-47(69-70(8,9)54(4,5)6)40-24-26-45(61)49-41(40)25-27-48(62)60-49/h10-12,16-18,23-27,29-31,37-38,47,56,61H,13-15,19-22,28,32-33H2,1-9H3,(H,57,63)(H,58,65)(H,59,64)(H,60,62)/t37?,38?,47-/m0/s1. The van der Waals surface area contributed by atoms with Crippen LogP contribution in [0.2, 0.25) is 23.2 Å². The van der Waals surface area contributed by atoms with Crippen LogP contribution in [-0.2, 0) is 26.9 Å². The average molecular weight is 997 g/mol. The maximum Gasteiger partial charge on any atom is 0.411 e. The number of benzene rings is 4. The smallest absolute Gasteiger partial charge is 0.411 e. The first-order chi connectivity index (χ1) is 33.1. The van der Waals surface area contributed by atoms with Crippen LogP contribution in [0.15, 0.2) is 89.7 Å². The highest BCUT2D eigenvalue weighted by Crippen LogP contribution is 2.41. The Balaban J connectivity index is 1.03. The Morgan fingerprint density at radius 2 is 1.61 bits per heavy atom. The van der Waals surface area contributed by atoms with E-state index in [0.29, 0.717) is 86.1 Å². The molecule has 6 rings (SSSR count). The SMILES string of the molecule is COc1cc(C(=O)NCCCCc2ccc(-c3ccccc3)c(NC(=O)OC3CCC(NC(=O)OC(C)(C)C)CC3)c2)c(Cl)cc1CNC[C@H](O[Si](C)(C)C(C)(C)C)c1ccc(O)c2[nH]c(=O)ccc12. The normalized spacial score (nSPS) is 15.7. The number of amides is 3. The van der Waals surface area contributed by atoms with Gasteiger partial charge in [-0.2, -0.15) is 0 Å². The van der Waals surface area contributed by atoms with Gasteiger partial charge in [-0.05, 0) is 131 Å². The van der Waals surface area contributed by atoms with Crippen LogP contribution in [0.1, 0.15) is 113 Å². The summed E-state index contributed by atoms with van der Waals surface area (Å²) < 4.78 is 24.0. The number of halogens is 1. The Hall–Kier alpha value is -5.87. The molecule has 376 valence electrons. The molecule has 0 aliphatic heterocycles. The molecule has 1 fully saturated rings. The number of phenolic OH excluding ortho intramolecular Hbond substituents is 1. The molecule has 1 atom stereocenters. The van der Waals surface area contributed by atoms with Gasteiger partial charge in [0.25, 0.3) is 5.91 Å². The number of phenols is 1. The van der Waals surface area contributed by atoms with E-state index in [9.17, 15) is 24.3 Å². The number of pyridine rings is 1. The lowest BCUT2D eigenvalue weighted by Crippen LogP contribution is -2.43. The maximum atomic E-state index is 13.5. The Morgan fingerprint density at radius 3 is 2.30 bits per heavy atom. The van der Waals surface area contributed by atoms with Gasteiger partial charge in [-0.1, -0.05) is 80.9 Å². The van der Waals surface area contributed by atoms with Crippen LogP contribution in [0.3, 0.4) is 0 Å². The summed E-state index contributed by atoms with van der Waals surface area (Å²) in [5.41, 5.74) is 4.87. The molecule has 1 aliphatic rings. The minimum Gasteiger partial charge on any atom is -0.506 e. The number of alkyl carbamates (subject to hydrolysis) is 1. The number of carbonyl (C=O) groups excluding carboxylic acids is 3. The number of methoxy groups -OCH3 is 1. The summed E-state index contributed by atoms with van der Waals surface area (Å²) in [6.07, 6.45) is 3.14. The first kappa shape index (κ1) is 53.5. The number of aromatic nitrogens is 1.